The predicted molar refractivity (Wildman–Crippen MR) is 46.2 cm³/mol. The molecule has 0 spiro atoms. The van der Waals surface area contributed by atoms with E-state index in [0.29, 0.717) is 6.54 Å². The molecular formula is C8H9NOS. The van der Waals surface area contributed by atoms with Crippen LogP contribution in [0.3, 0.4) is 0 Å². The highest BCUT2D eigenvalue weighted by Gasteiger charge is 2.17. The van der Waals surface area contributed by atoms with Gasteiger partial charge in [-0.15, -0.1) is 11.3 Å². The second-order valence-electron chi connectivity index (χ2n) is 2.40. The maximum absolute atomic E-state index is 5.53. The Hall–Kier alpha value is -0.800. The summed E-state index contributed by atoms with van der Waals surface area (Å²) in [5.41, 5.74) is 6.77. The average molecular weight is 167 g/mol. The summed E-state index contributed by atoms with van der Waals surface area (Å²) < 4.78 is 5.32. The normalized spacial score (nSPS) is 21.0. The first-order valence-electron chi connectivity index (χ1n) is 3.51. The molecule has 2 heterocycles. The van der Waals surface area contributed by atoms with Gasteiger partial charge in [0, 0.05) is 6.54 Å². The third kappa shape index (κ3) is 1.06. The van der Waals surface area contributed by atoms with Crippen molar-refractivity contribution >= 4 is 17.4 Å². The lowest BCUT2D eigenvalue weighted by Gasteiger charge is -2.17. The highest BCUT2D eigenvalue weighted by atomic mass is 32.1. The molecule has 1 aromatic heterocycles. The number of hydrogen-bond donors (Lipinski definition) is 1. The third-order valence-electron chi connectivity index (χ3n) is 1.72. The van der Waals surface area contributed by atoms with Crippen LogP contribution < -0.4 is 5.73 Å². The van der Waals surface area contributed by atoms with E-state index in [1.165, 1.54) is 10.4 Å². The van der Waals surface area contributed by atoms with Crippen molar-refractivity contribution in [1.29, 1.82) is 0 Å². The predicted octanol–water partition coefficient (Wildman–Crippen LogP) is 1.75. The molecule has 1 unspecified atom stereocenters. The number of rotatable bonds is 1. The molecule has 0 bridgehead atoms. The van der Waals surface area contributed by atoms with E-state index in [2.05, 4.69) is 11.4 Å². The summed E-state index contributed by atoms with van der Waals surface area (Å²) in [4.78, 5) is 1.25. The van der Waals surface area contributed by atoms with Crippen molar-refractivity contribution in [2.75, 3.05) is 6.54 Å². The lowest BCUT2D eigenvalue weighted by Crippen LogP contribution is -2.14. The summed E-state index contributed by atoms with van der Waals surface area (Å²) in [6.45, 7) is 0.553. The maximum Gasteiger partial charge on any atom is 0.145 e. The van der Waals surface area contributed by atoms with Gasteiger partial charge in [0.2, 0.25) is 0 Å². The summed E-state index contributed by atoms with van der Waals surface area (Å²) in [6.07, 6.45) is 3.76. The number of thiophene rings is 1. The number of fused-ring (bicyclic) bond motifs is 1. The van der Waals surface area contributed by atoms with Gasteiger partial charge in [0.15, 0.2) is 0 Å². The summed E-state index contributed by atoms with van der Waals surface area (Å²) in [5, 5.41) is 2.06. The zero-order valence-corrected chi connectivity index (χ0v) is 6.80. The lowest BCUT2D eigenvalue weighted by molar-refractivity contribution is 0.155. The fourth-order valence-electron chi connectivity index (χ4n) is 1.16. The first kappa shape index (κ1) is 6.88. The minimum Gasteiger partial charge on any atom is -0.491 e. The van der Waals surface area contributed by atoms with Crippen molar-refractivity contribution < 1.29 is 4.74 Å². The van der Waals surface area contributed by atoms with Gasteiger partial charge < -0.3 is 10.5 Å². The van der Waals surface area contributed by atoms with Crippen LogP contribution in [0.1, 0.15) is 16.5 Å². The van der Waals surface area contributed by atoms with Crippen LogP contribution >= 0.6 is 11.3 Å². The van der Waals surface area contributed by atoms with Crippen molar-refractivity contribution in [3.63, 3.8) is 0 Å². The SMILES string of the molecule is NCC1OC=Cc2ccsc21. The van der Waals surface area contributed by atoms with Crippen LogP contribution in [-0.4, -0.2) is 6.54 Å². The lowest BCUT2D eigenvalue weighted by atomic mass is 10.1. The Labute approximate surface area is 69.3 Å². The second kappa shape index (κ2) is 2.68. The van der Waals surface area contributed by atoms with Crippen LogP contribution in [0.15, 0.2) is 17.7 Å². The molecule has 1 atom stereocenters. The van der Waals surface area contributed by atoms with E-state index in [1.807, 2.05) is 6.08 Å². The van der Waals surface area contributed by atoms with Crippen LogP contribution in [0.2, 0.25) is 0 Å². The molecule has 0 aromatic carbocycles. The Morgan fingerprint density at radius 2 is 2.55 bits per heavy atom. The van der Waals surface area contributed by atoms with Crippen LogP contribution in [-0.2, 0) is 4.74 Å². The number of nitrogens with two attached hydrogens (primary N) is 1. The molecule has 0 amide bonds. The summed E-state index contributed by atoms with van der Waals surface area (Å²) >= 11 is 1.70. The Kier molecular flexibility index (Phi) is 1.68. The molecule has 0 aliphatic carbocycles. The van der Waals surface area contributed by atoms with Crippen LogP contribution in [0.4, 0.5) is 0 Å². The highest BCUT2D eigenvalue weighted by Crippen LogP contribution is 2.31. The van der Waals surface area contributed by atoms with Gasteiger partial charge in [0.05, 0.1) is 11.1 Å². The van der Waals surface area contributed by atoms with Gasteiger partial charge in [-0.25, -0.2) is 0 Å². The molecule has 0 saturated carbocycles. The quantitative estimate of drug-likeness (QED) is 0.691. The average Bonchev–Trinajstić information content (AvgIpc) is 2.50. The molecule has 3 heteroatoms. The molecule has 2 N–H and O–H groups in total. The van der Waals surface area contributed by atoms with E-state index in [1.54, 1.807) is 17.6 Å². The monoisotopic (exact) mass is 167 g/mol. The molecule has 2 rings (SSSR count). The third-order valence-corrected chi connectivity index (χ3v) is 2.75. The topological polar surface area (TPSA) is 35.2 Å². The van der Waals surface area contributed by atoms with Gasteiger partial charge >= 0.3 is 0 Å². The van der Waals surface area contributed by atoms with E-state index in [-0.39, 0.29) is 6.10 Å². The van der Waals surface area contributed by atoms with Gasteiger partial charge in [0.25, 0.3) is 0 Å². The van der Waals surface area contributed by atoms with E-state index >= 15 is 0 Å². The van der Waals surface area contributed by atoms with Crippen LogP contribution in [0.25, 0.3) is 6.08 Å². The Balaban J connectivity index is 2.41. The first-order valence-corrected chi connectivity index (χ1v) is 4.39. The largest absolute Gasteiger partial charge is 0.491 e. The fourth-order valence-corrected chi connectivity index (χ4v) is 2.10. The van der Waals surface area contributed by atoms with Crippen LogP contribution in [0, 0.1) is 0 Å². The fraction of sp³-hybridized carbons (Fsp3) is 0.250. The van der Waals surface area contributed by atoms with Gasteiger partial charge in [-0.1, -0.05) is 0 Å². The van der Waals surface area contributed by atoms with Crippen molar-refractivity contribution in [3.05, 3.63) is 28.1 Å². The van der Waals surface area contributed by atoms with Crippen molar-refractivity contribution in [2.45, 2.75) is 6.10 Å². The zero-order chi connectivity index (χ0) is 7.68. The molecule has 0 saturated heterocycles. The Bertz CT molecular complexity index is 279. The number of ether oxygens (including phenoxy) is 1. The molecule has 58 valence electrons. The molecule has 0 fully saturated rings. The first-order chi connectivity index (χ1) is 5.42. The van der Waals surface area contributed by atoms with E-state index in [9.17, 15) is 0 Å². The highest BCUT2D eigenvalue weighted by molar-refractivity contribution is 7.10. The van der Waals surface area contributed by atoms with Gasteiger partial charge in [0.1, 0.15) is 6.10 Å². The van der Waals surface area contributed by atoms with E-state index < -0.39 is 0 Å². The minimum absolute atomic E-state index is 0.0787. The maximum atomic E-state index is 5.53. The molecule has 11 heavy (non-hydrogen) atoms. The molecular weight excluding hydrogens is 158 g/mol. The smallest absolute Gasteiger partial charge is 0.145 e. The van der Waals surface area contributed by atoms with Crippen LogP contribution in [0.5, 0.6) is 0 Å². The van der Waals surface area contributed by atoms with E-state index in [4.69, 9.17) is 10.5 Å². The molecule has 2 nitrogen and oxygen atoms in total. The number of hydrogen-bond acceptors (Lipinski definition) is 3. The summed E-state index contributed by atoms with van der Waals surface area (Å²) in [6, 6.07) is 2.08. The van der Waals surface area contributed by atoms with Gasteiger partial charge in [-0.05, 0) is 23.1 Å². The Morgan fingerprint density at radius 1 is 1.64 bits per heavy atom. The zero-order valence-electron chi connectivity index (χ0n) is 5.99. The van der Waals surface area contributed by atoms with E-state index in [0.717, 1.165) is 0 Å². The molecule has 1 aromatic rings. The summed E-state index contributed by atoms with van der Waals surface area (Å²) in [5.74, 6) is 0. The van der Waals surface area contributed by atoms with Crippen molar-refractivity contribution in [2.24, 2.45) is 5.73 Å². The summed E-state index contributed by atoms with van der Waals surface area (Å²) in [7, 11) is 0. The molecule has 0 radical (unpaired) electrons. The standard InChI is InChI=1S/C8H9NOS/c9-5-7-8-6(1-3-10-7)2-4-11-8/h1-4,7H,5,9H2. The second-order valence-corrected chi connectivity index (χ2v) is 3.35. The Morgan fingerprint density at radius 3 is 3.36 bits per heavy atom. The van der Waals surface area contributed by atoms with Crippen molar-refractivity contribution in [1.82, 2.24) is 0 Å². The molecule has 1 aliphatic heterocycles. The van der Waals surface area contributed by atoms with Crippen molar-refractivity contribution in [3.8, 4) is 0 Å². The van der Waals surface area contributed by atoms with Gasteiger partial charge in [-0.3, -0.25) is 0 Å². The molecule has 1 aliphatic rings. The van der Waals surface area contributed by atoms with Gasteiger partial charge in [-0.2, -0.15) is 0 Å². The minimum atomic E-state index is 0.0787.